The first kappa shape index (κ1) is 27.6. The van der Waals surface area contributed by atoms with Crippen molar-refractivity contribution in [2.24, 2.45) is 22.5 Å². The lowest BCUT2D eigenvalue weighted by Gasteiger charge is -2.44. The molecule has 3 amide bonds. The first-order valence-corrected chi connectivity index (χ1v) is 13.2. The highest BCUT2D eigenvalue weighted by Crippen LogP contribution is 2.49. The maximum absolute atomic E-state index is 14.0. The molecule has 2 fully saturated rings. The van der Waals surface area contributed by atoms with Crippen molar-refractivity contribution >= 4 is 17.7 Å². The number of piperidine rings is 1. The SMILES string of the molecule is COc1ccc(COC[C@H](C(=O)N2CCC[C@@]3(C2)C(=O)N(C)C[C@H]3c2ccccc2)C(C)(C)C(N)=O)cc1. The monoisotopic (exact) mass is 521 g/mol. The van der Waals surface area contributed by atoms with Crippen LogP contribution in [-0.2, 0) is 25.7 Å². The molecule has 1 spiro atoms. The maximum atomic E-state index is 14.0. The molecule has 4 rings (SSSR count). The molecule has 2 saturated heterocycles. The van der Waals surface area contributed by atoms with E-state index in [9.17, 15) is 14.4 Å². The average Bonchev–Trinajstić information content (AvgIpc) is 3.16. The van der Waals surface area contributed by atoms with Crippen LogP contribution in [0.25, 0.3) is 0 Å². The largest absolute Gasteiger partial charge is 0.497 e. The van der Waals surface area contributed by atoms with Crippen molar-refractivity contribution in [3.63, 3.8) is 0 Å². The molecule has 2 heterocycles. The Bertz CT molecular complexity index is 1150. The third-order valence-electron chi connectivity index (χ3n) is 8.45. The van der Waals surface area contributed by atoms with Gasteiger partial charge in [0.1, 0.15) is 5.75 Å². The van der Waals surface area contributed by atoms with Crippen LogP contribution in [0, 0.1) is 16.7 Å². The van der Waals surface area contributed by atoms with Crippen molar-refractivity contribution in [1.82, 2.24) is 9.80 Å². The Morgan fingerprint density at radius 1 is 1.13 bits per heavy atom. The number of methoxy groups -OCH3 is 1. The van der Waals surface area contributed by atoms with Gasteiger partial charge in [0.15, 0.2) is 0 Å². The molecule has 38 heavy (non-hydrogen) atoms. The Balaban J connectivity index is 1.55. The fourth-order valence-electron chi connectivity index (χ4n) is 5.90. The first-order valence-electron chi connectivity index (χ1n) is 13.2. The minimum absolute atomic E-state index is 0.00859. The van der Waals surface area contributed by atoms with E-state index in [1.54, 1.807) is 30.8 Å². The molecule has 8 nitrogen and oxygen atoms in total. The number of carbonyl (C=O) groups is 3. The minimum Gasteiger partial charge on any atom is -0.497 e. The van der Waals surface area contributed by atoms with Gasteiger partial charge < -0.3 is 25.0 Å². The molecule has 2 aromatic rings. The van der Waals surface area contributed by atoms with Gasteiger partial charge in [-0.15, -0.1) is 0 Å². The van der Waals surface area contributed by atoms with Gasteiger partial charge in [-0.3, -0.25) is 14.4 Å². The van der Waals surface area contributed by atoms with Crippen LogP contribution in [-0.4, -0.2) is 67.9 Å². The van der Waals surface area contributed by atoms with Crippen LogP contribution >= 0.6 is 0 Å². The normalized spacial score (nSPS) is 22.5. The third kappa shape index (κ3) is 5.27. The number of hydrogen-bond acceptors (Lipinski definition) is 5. The first-order chi connectivity index (χ1) is 18.1. The van der Waals surface area contributed by atoms with Crippen LogP contribution in [0.1, 0.15) is 43.7 Å². The fraction of sp³-hybridized carbons (Fsp3) is 0.500. The molecular weight excluding hydrogens is 482 g/mol. The number of likely N-dealkylation sites (N-methyl/N-ethyl adjacent to an activating group) is 1. The zero-order chi connectivity index (χ0) is 27.5. The van der Waals surface area contributed by atoms with Gasteiger partial charge in [-0.05, 0) is 36.1 Å². The lowest BCUT2D eigenvalue weighted by atomic mass is 9.68. The van der Waals surface area contributed by atoms with Crippen LogP contribution < -0.4 is 10.5 Å². The van der Waals surface area contributed by atoms with E-state index in [4.69, 9.17) is 15.2 Å². The van der Waals surface area contributed by atoms with Crippen molar-refractivity contribution in [2.75, 3.05) is 40.4 Å². The number of primary amides is 1. The summed E-state index contributed by atoms with van der Waals surface area (Å²) in [5.74, 6) is -0.725. The van der Waals surface area contributed by atoms with E-state index in [2.05, 4.69) is 12.1 Å². The highest BCUT2D eigenvalue weighted by molar-refractivity contribution is 5.91. The van der Waals surface area contributed by atoms with Crippen molar-refractivity contribution in [2.45, 2.75) is 39.2 Å². The second kappa shape index (κ2) is 11.2. The summed E-state index contributed by atoms with van der Waals surface area (Å²) in [5, 5.41) is 0. The minimum atomic E-state index is -1.13. The predicted molar refractivity (Wildman–Crippen MR) is 144 cm³/mol. The Morgan fingerprint density at radius 3 is 2.45 bits per heavy atom. The van der Waals surface area contributed by atoms with Crippen molar-refractivity contribution in [3.05, 3.63) is 65.7 Å². The second-order valence-electron chi connectivity index (χ2n) is 11.2. The van der Waals surface area contributed by atoms with Crippen LogP contribution in [0.4, 0.5) is 0 Å². The molecule has 2 N–H and O–H groups in total. The summed E-state index contributed by atoms with van der Waals surface area (Å²) in [6.45, 7) is 5.17. The van der Waals surface area contributed by atoms with Gasteiger partial charge in [-0.1, -0.05) is 56.3 Å². The number of hydrogen-bond donors (Lipinski definition) is 1. The summed E-state index contributed by atoms with van der Waals surface area (Å²) in [5.41, 5.74) is 5.99. The van der Waals surface area contributed by atoms with Crippen LogP contribution in [0.2, 0.25) is 0 Å². The smallest absolute Gasteiger partial charge is 0.231 e. The third-order valence-corrected chi connectivity index (χ3v) is 8.45. The average molecular weight is 522 g/mol. The standard InChI is InChI=1S/C30H39N3O5/c1-29(2,27(31)35)25(19-38-18-21-11-13-23(37-4)14-12-21)26(34)33-16-8-15-30(20-33)24(17-32(3)28(30)36)22-9-6-5-7-10-22/h5-7,9-14,24-25H,8,15-20H2,1-4H3,(H2,31,35)/t24-,25+,30-/m0/s1. The number of nitrogens with zero attached hydrogens (tertiary/aromatic N) is 2. The highest BCUT2D eigenvalue weighted by atomic mass is 16.5. The molecule has 204 valence electrons. The molecule has 0 saturated carbocycles. The summed E-state index contributed by atoms with van der Waals surface area (Å²) in [6.07, 6.45) is 1.43. The summed E-state index contributed by atoms with van der Waals surface area (Å²) >= 11 is 0. The van der Waals surface area contributed by atoms with Gasteiger partial charge >= 0.3 is 0 Å². The molecule has 0 bridgehead atoms. The lowest BCUT2D eigenvalue weighted by Crippen LogP contribution is -2.56. The van der Waals surface area contributed by atoms with Crippen molar-refractivity contribution in [3.8, 4) is 5.75 Å². The Morgan fingerprint density at radius 2 is 1.82 bits per heavy atom. The summed E-state index contributed by atoms with van der Waals surface area (Å²) in [7, 11) is 3.44. The van der Waals surface area contributed by atoms with Crippen molar-refractivity contribution in [1.29, 1.82) is 0 Å². The number of rotatable bonds is 9. The van der Waals surface area contributed by atoms with Gasteiger partial charge in [0.25, 0.3) is 0 Å². The number of likely N-dealkylation sites (tertiary alicyclic amines) is 2. The van der Waals surface area contributed by atoms with Crippen LogP contribution in [0.3, 0.4) is 0 Å². The predicted octanol–water partition coefficient (Wildman–Crippen LogP) is 3.20. The number of carbonyl (C=O) groups excluding carboxylic acids is 3. The number of amides is 3. The molecule has 0 unspecified atom stereocenters. The van der Waals surface area contributed by atoms with Gasteiger partial charge in [-0.25, -0.2) is 0 Å². The number of nitrogens with two attached hydrogens (primary N) is 1. The number of ether oxygens (including phenoxy) is 2. The van der Waals surface area contributed by atoms with E-state index in [1.807, 2.05) is 49.5 Å². The van der Waals surface area contributed by atoms with Crippen molar-refractivity contribution < 1.29 is 23.9 Å². The summed E-state index contributed by atoms with van der Waals surface area (Å²) < 4.78 is 11.2. The van der Waals surface area contributed by atoms with Gasteiger partial charge in [-0.2, -0.15) is 0 Å². The van der Waals surface area contributed by atoms with Gasteiger partial charge in [0.2, 0.25) is 17.7 Å². The van der Waals surface area contributed by atoms with E-state index in [1.165, 1.54) is 0 Å². The van der Waals surface area contributed by atoms with E-state index in [0.29, 0.717) is 26.1 Å². The molecule has 0 radical (unpaired) electrons. The topological polar surface area (TPSA) is 102 Å². The van der Waals surface area contributed by atoms with E-state index in [0.717, 1.165) is 23.3 Å². The maximum Gasteiger partial charge on any atom is 0.231 e. The molecular formula is C30H39N3O5. The van der Waals surface area contributed by atoms with Crippen LogP contribution in [0.15, 0.2) is 54.6 Å². The molecule has 8 heteroatoms. The van der Waals surface area contributed by atoms with Gasteiger partial charge in [0, 0.05) is 32.6 Å². The fourth-order valence-corrected chi connectivity index (χ4v) is 5.90. The summed E-state index contributed by atoms with van der Waals surface area (Å²) in [6, 6.07) is 17.6. The second-order valence-corrected chi connectivity index (χ2v) is 11.2. The molecule has 0 aromatic heterocycles. The quantitative estimate of drug-likeness (QED) is 0.546. The molecule has 2 aromatic carbocycles. The van der Waals surface area contributed by atoms with E-state index < -0.39 is 22.7 Å². The summed E-state index contributed by atoms with van der Waals surface area (Å²) in [4.78, 5) is 43.6. The van der Waals surface area contributed by atoms with Crippen LogP contribution in [0.5, 0.6) is 5.75 Å². The zero-order valence-corrected chi connectivity index (χ0v) is 22.8. The van der Waals surface area contributed by atoms with Gasteiger partial charge in [0.05, 0.1) is 37.1 Å². The highest BCUT2D eigenvalue weighted by Gasteiger charge is 2.56. The molecule has 2 aliphatic heterocycles. The molecule has 2 aliphatic rings. The molecule has 3 atom stereocenters. The Hall–Kier alpha value is -3.39. The Labute approximate surface area is 225 Å². The Kier molecular flexibility index (Phi) is 8.11. The number of benzene rings is 2. The zero-order valence-electron chi connectivity index (χ0n) is 22.8. The van der Waals surface area contributed by atoms with E-state index in [-0.39, 0.29) is 30.9 Å². The lowest BCUT2D eigenvalue weighted by molar-refractivity contribution is -0.154. The molecule has 0 aliphatic carbocycles. The van der Waals surface area contributed by atoms with E-state index >= 15 is 0 Å².